The van der Waals surface area contributed by atoms with Gasteiger partial charge in [-0.1, -0.05) is 152 Å². The highest BCUT2D eigenvalue weighted by Gasteiger charge is 2.24. The molecule has 2 unspecified atom stereocenters. The van der Waals surface area contributed by atoms with Crippen LogP contribution in [0.1, 0.15) is 174 Å². The van der Waals surface area contributed by atoms with Crippen LogP contribution in [0.25, 0.3) is 0 Å². The maximum absolute atomic E-state index is 12.4. The van der Waals surface area contributed by atoms with Crippen molar-refractivity contribution in [1.29, 1.82) is 0 Å². The van der Waals surface area contributed by atoms with Crippen LogP contribution in [0, 0.1) is 0 Å². The van der Waals surface area contributed by atoms with Crippen molar-refractivity contribution in [3.05, 3.63) is 48.6 Å². The van der Waals surface area contributed by atoms with Gasteiger partial charge in [-0.15, -0.1) is 0 Å². The first-order valence-electron chi connectivity index (χ1n) is 18.8. The Morgan fingerprint density at radius 2 is 0.978 bits per heavy atom. The maximum Gasteiger partial charge on any atom is 0.267 e. The SMILES string of the molecule is CCC/C=C\CCCCCCCC(=O)NC(CS(=O)(=O)O)C(O)/C=C/CC/C=C/CC/C=C/CCCCCCCCCCCCC. The molecule has 0 rings (SSSR count). The van der Waals surface area contributed by atoms with Crippen LogP contribution in [0.2, 0.25) is 0 Å². The molecule has 0 aliphatic rings. The topological polar surface area (TPSA) is 104 Å². The van der Waals surface area contributed by atoms with Gasteiger partial charge < -0.3 is 10.4 Å². The summed E-state index contributed by atoms with van der Waals surface area (Å²) in [4.78, 5) is 12.4. The van der Waals surface area contributed by atoms with Crippen molar-refractivity contribution in [2.45, 2.75) is 187 Å². The molecule has 0 aromatic rings. The number of carbonyl (C=O) groups is 1. The second-order valence-electron chi connectivity index (χ2n) is 12.8. The summed E-state index contributed by atoms with van der Waals surface area (Å²) in [5, 5.41) is 13.1. The third kappa shape index (κ3) is 33.7. The highest BCUT2D eigenvalue weighted by molar-refractivity contribution is 7.85. The highest BCUT2D eigenvalue weighted by atomic mass is 32.2. The van der Waals surface area contributed by atoms with Crippen LogP contribution >= 0.6 is 0 Å². The molecule has 1 amide bonds. The van der Waals surface area contributed by atoms with Crippen LogP contribution in [0.15, 0.2) is 48.6 Å². The number of aliphatic hydroxyl groups excluding tert-OH is 1. The van der Waals surface area contributed by atoms with E-state index in [2.05, 4.69) is 55.6 Å². The van der Waals surface area contributed by atoms with Crippen LogP contribution < -0.4 is 5.32 Å². The van der Waals surface area contributed by atoms with Crippen molar-refractivity contribution in [2.75, 3.05) is 5.75 Å². The van der Waals surface area contributed by atoms with E-state index < -0.39 is 28.0 Å². The van der Waals surface area contributed by atoms with Gasteiger partial charge in [-0.2, -0.15) is 8.42 Å². The highest BCUT2D eigenvalue weighted by Crippen LogP contribution is 2.13. The van der Waals surface area contributed by atoms with E-state index in [1.165, 1.54) is 89.5 Å². The molecule has 3 N–H and O–H groups in total. The van der Waals surface area contributed by atoms with Gasteiger partial charge in [0.15, 0.2) is 0 Å². The number of amides is 1. The Morgan fingerprint density at radius 3 is 1.46 bits per heavy atom. The summed E-state index contributed by atoms with van der Waals surface area (Å²) in [6, 6.07) is -1.08. The summed E-state index contributed by atoms with van der Waals surface area (Å²) in [6.45, 7) is 4.44. The van der Waals surface area contributed by atoms with Gasteiger partial charge in [0.05, 0.1) is 17.9 Å². The van der Waals surface area contributed by atoms with Crippen LogP contribution in [-0.4, -0.2) is 41.9 Å². The van der Waals surface area contributed by atoms with Crippen molar-refractivity contribution in [3.8, 4) is 0 Å². The summed E-state index contributed by atoms with van der Waals surface area (Å²) in [5.74, 6) is -1.03. The second kappa shape index (κ2) is 33.2. The molecule has 6 nitrogen and oxygen atoms in total. The first-order valence-corrected chi connectivity index (χ1v) is 20.4. The molecule has 46 heavy (non-hydrogen) atoms. The first-order chi connectivity index (χ1) is 22.3. The van der Waals surface area contributed by atoms with Gasteiger partial charge in [0.2, 0.25) is 5.91 Å². The maximum atomic E-state index is 12.4. The number of hydrogen-bond donors (Lipinski definition) is 3. The Labute approximate surface area is 284 Å². The van der Waals surface area contributed by atoms with E-state index in [1.54, 1.807) is 6.08 Å². The molecule has 0 aliphatic carbocycles. The first kappa shape index (κ1) is 44.3. The molecule has 0 spiro atoms. The molecule has 0 radical (unpaired) electrons. The van der Waals surface area contributed by atoms with Crippen LogP contribution in [0.3, 0.4) is 0 Å². The Morgan fingerprint density at radius 1 is 0.565 bits per heavy atom. The zero-order valence-corrected chi connectivity index (χ0v) is 30.5. The number of unbranched alkanes of at least 4 members (excludes halogenated alkanes) is 19. The molecule has 0 aliphatic heterocycles. The lowest BCUT2D eigenvalue weighted by Crippen LogP contribution is -2.46. The van der Waals surface area contributed by atoms with Crippen LogP contribution in [0.4, 0.5) is 0 Å². The van der Waals surface area contributed by atoms with Crippen molar-refractivity contribution >= 4 is 16.0 Å². The average molecular weight is 666 g/mol. The standard InChI is InChI=1S/C39H71NO5S/c1-3-5-7-9-11-13-15-16-17-18-19-20-21-22-23-24-25-26-28-30-32-34-38(41)37(36-46(43,44)45)40-39(42)35-33-31-29-27-14-12-10-8-6-4-2/h8,10,21-22,25-26,32,34,37-38,41H,3-7,9,11-20,23-24,27-31,33,35-36H2,1-2H3,(H,40,42)(H,43,44,45)/b10-8-,22-21+,26-25+,34-32+. The molecule has 0 fully saturated rings. The Balaban J connectivity index is 4.02. The quantitative estimate of drug-likeness (QED) is 0.0368. The Hall–Kier alpha value is -1.70. The lowest BCUT2D eigenvalue weighted by atomic mass is 10.1. The van der Waals surface area contributed by atoms with Gasteiger partial charge in [-0.3, -0.25) is 9.35 Å². The molecule has 268 valence electrons. The minimum absolute atomic E-state index is 0.272. The van der Waals surface area contributed by atoms with E-state index in [9.17, 15) is 22.9 Å². The number of rotatable bonds is 33. The van der Waals surface area contributed by atoms with Crippen molar-refractivity contribution in [3.63, 3.8) is 0 Å². The van der Waals surface area contributed by atoms with Crippen molar-refractivity contribution < 1.29 is 22.9 Å². The van der Waals surface area contributed by atoms with Crippen LogP contribution in [-0.2, 0) is 14.9 Å². The molecule has 2 atom stereocenters. The minimum atomic E-state index is -4.35. The van der Waals surface area contributed by atoms with E-state index in [0.717, 1.165) is 57.8 Å². The fraction of sp³-hybridized carbons (Fsp3) is 0.769. The van der Waals surface area contributed by atoms with Crippen molar-refractivity contribution in [2.24, 2.45) is 0 Å². The molecule has 0 aromatic carbocycles. The van der Waals surface area contributed by atoms with Gasteiger partial charge in [0.1, 0.15) is 0 Å². The third-order valence-electron chi connectivity index (χ3n) is 8.19. The zero-order valence-electron chi connectivity index (χ0n) is 29.7. The van der Waals surface area contributed by atoms with E-state index in [4.69, 9.17) is 0 Å². The second-order valence-corrected chi connectivity index (χ2v) is 14.3. The Kier molecular flexibility index (Phi) is 32.0. The van der Waals surface area contributed by atoms with Crippen LogP contribution in [0.5, 0.6) is 0 Å². The van der Waals surface area contributed by atoms with Crippen molar-refractivity contribution in [1.82, 2.24) is 5.32 Å². The Bertz CT molecular complexity index is 909. The molecule has 0 aromatic heterocycles. The van der Waals surface area contributed by atoms with E-state index in [-0.39, 0.29) is 12.3 Å². The van der Waals surface area contributed by atoms with E-state index in [1.807, 2.05) is 0 Å². The molecular weight excluding hydrogens is 594 g/mol. The smallest absolute Gasteiger partial charge is 0.267 e. The number of aliphatic hydroxyl groups is 1. The zero-order chi connectivity index (χ0) is 34.0. The fourth-order valence-corrected chi connectivity index (χ4v) is 6.10. The normalized spacial score (nSPS) is 13.9. The molecule has 7 heteroatoms. The third-order valence-corrected chi connectivity index (χ3v) is 8.97. The van der Waals surface area contributed by atoms with Gasteiger partial charge >= 0.3 is 0 Å². The fourth-order valence-electron chi connectivity index (χ4n) is 5.36. The minimum Gasteiger partial charge on any atom is -0.387 e. The summed E-state index contributed by atoms with van der Waals surface area (Å²) < 4.78 is 32.3. The van der Waals surface area contributed by atoms with Gasteiger partial charge in [0.25, 0.3) is 10.1 Å². The predicted octanol–water partition coefficient (Wildman–Crippen LogP) is 10.7. The van der Waals surface area contributed by atoms with Gasteiger partial charge in [-0.05, 0) is 64.2 Å². The van der Waals surface area contributed by atoms with E-state index in [0.29, 0.717) is 12.8 Å². The molecule has 0 saturated heterocycles. The van der Waals surface area contributed by atoms with E-state index >= 15 is 0 Å². The average Bonchev–Trinajstić information content (AvgIpc) is 3.01. The molecule has 0 saturated carbocycles. The lowest BCUT2D eigenvalue weighted by molar-refractivity contribution is -0.122. The number of nitrogens with one attached hydrogen (secondary N) is 1. The largest absolute Gasteiger partial charge is 0.387 e. The molecule has 0 bridgehead atoms. The number of hydrogen-bond acceptors (Lipinski definition) is 4. The predicted molar refractivity (Wildman–Crippen MR) is 198 cm³/mol. The molecular formula is C39H71NO5S. The molecule has 0 heterocycles. The number of carbonyl (C=O) groups excluding carboxylic acids is 1. The summed E-state index contributed by atoms with van der Waals surface area (Å²) >= 11 is 0. The summed E-state index contributed by atoms with van der Waals surface area (Å²) in [6.07, 6.45) is 43.9. The van der Waals surface area contributed by atoms with Gasteiger partial charge in [0, 0.05) is 6.42 Å². The number of allylic oxidation sites excluding steroid dienone is 7. The monoisotopic (exact) mass is 666 g/mol. The summed E-state index contributed by atoms with van der Waals surface area (Å²) in [5.41, 5.74) is 0. The summed E-state index contributed by atoms with van der Waals surface area (Å²) in [7, 11) is -4.35. The lowest BCUT2D eigenvalue weighted by Gasteiger charge is -2.21. The van der Waals surface area contributed by atoms with Gasteiger partial charge in [-0.25, -0.2) is 0 Å².